The third-order valence-corrected chi connectivity index (χ3v) is 13.9. The molecular weight excluding hydrogens is 1030 g/mol. The summed E-state index contributed by atoms with van der Waals surface area (Å²) in [6.07, 6.45) is 0. The molecule has 1 heterocycles. The van der Waals surface area contributed by atoms with E-state index >= 15 is 0 Å². The molecule has 0 amide bonds. The summed E-state index contributed by atoms with van der Waals surface area (Å²) in [6, 6.07) is 20.4. The summed E-state index contributed by atoms with van der Waals surface area (Å²) in [6.45, 7) is 1.61. The zero-order chi connectivity index (χ0) is 52.4. The molecule has 72 heavy (non-hydrogen) atoms. The third-order valence-electron chi connectivity index (χ3n) is 10.5. The zero-order valence-electron chi connectivity index (χ0n) is 35.8. The number of phenols is 5. The van der Waals surface area contributed by atoms with Crippen molar-refractivity contribution in [1.29, 1.82) is 0 Å². The molecule has 8 aromatic rings. The van der Waals surface area contributed by atoms with Crippen molar-refractivity contribution in [3.05, 3.63) is 109 Å². The molecule has 0 atom stereocenters. The molecule has 8 rings (SSSR count). The zero-order valence-corrected chi connectivity index (χ0v) is 39.0. The van der Waals surface area contributed by atoms with Crippen LogP contribution in [0.15, 0.2) is 153 Å². The molecule has 30 heteroatoms. The first kappa shape index (κ1) is 49.9. The largest absolute Gasteiger partial charge is 0.506 e. The molecule has 26 nitrogen and oxygen atoms in total. The maximum atomic E-state index is 12.6. The van der Waals surface area contributed by atoms with Crippen LogP contribution in [-0.4, -0.2) is 92.3 Å². The number of aromatic nitrogens is 2. The van der Waals surface area contributed by atoms with Crippen LogP contribution >= 0.6 is 0 Å². The van der Waals surface area contributed by atoms with Gasteiger partial charge in [0.05, 0.1) is 16.3 Å². The van der Waals surface area contributed by atoms with E-state index in [4.69, 9.17) is 0 Å². The summed E-state index contributed by atoms with van der Waals surface area (Å²) in [5.74, 6) is -4.68. The van der Waals surface area contributed by atoms with E-state index in [1.807, 2.05) is 0 Å². The minimum Gasteiger partial charge on any atom is -0.506 e. The fourth-order valence-electron chi connectivity index (χ4n) is 7.09. The first-order chi connectivity index (χ1) is 33.6. The van der Waals surface area contributed by atoms with Gasteiger partial charge >= 0.3 is 0 Å². The number of hydrogen-bond donors (Lipinski definition) is 10. The molecule has 0 bridgehead atoms. The number of benzene rings is 7. The second-order valence-corrected chi connectivity index (χ2v) is 20.7. The molecule has 0 radical (unpaired) electrons. The Kier molecular flexibility index (Phi) is 12.5. The van der Waals surface area contributed by atoms with Gasteiger partial charge in [-0.1, -0.05) is 30.3 Å². The fraction of sp³-hybridized carbons (Fsp3) is 0.0238. The first-order valence-electron chi connectivity index (χ1n) is 19.6. The predicted octanol–water partition coefficient (Wildman–Crippen LogP) is 8.62. The van der Waals surface area contributed by atoms with Crippen LogP contribution in [0.4, 0.5) is 34.1 Å². The molecule has 0 aliphatic carbocycles. The maximum absolute atomic E-state index is 12.6. The molecule has 0 spiro atoms. The van der Waals surface area contributed by atoms with Gasteiger partial charge in [-0.3, -0.25) is 18.2 Å². The van der Waals surface area contributed by atoms with Crippen LogP contribution in [0.25, 0.3) is 38.4 Å². The summed E-state index contributed by atoms with van der Waals surface area (Å²) in [7, 11) is -21.5. The lowest BCUT2D eigenvalue weighted by Gasteiger charge is -2.13. The van der Waals surface area contributed by atoms with E-state index in [0.717, 1.165) is 12.1 Å². The second-order valence-electron chi connectivity index (χ2n) is 15.1. The highest BCUT2D eigenvalue weighted by molar-refractivity contribution is 7.87. The predicted molar refractivity (Wildman–Crippen MR) is 250 cm³/mol. The van der Waals surface area contributed by atoms with Gasteiger partial charge in [-0.15, -0.1) is 30.7 Å². The Morgan fingerprint density at radius 3 is 1.49 bits per heavy atom. The third kappa shape index (κ3) is 9.56. The van der Waals surface area contributed by atoms with Crippen molar-refractivity contribution in [2.24, 2.45) is 30.7 Å². The molecule has 0 saturated heterocycles. The van der Waals surface area contributed by atoms with Gasteiger partial charge in [0.15, 0.2) is 22.9 Å². The lowest BCUT2D eigenvalue weighted by Crippen LogP contribution is -2.06. The van der Waals surface area contributed by atoms with Crippen LogP contribution in [0.5, 0.6) is 34.6 Å². The lowest BCUT2D eigenvalue weighted by molar-refractivity contribution is 0.434. The van der Waals surface area contributed by atoms with Crippen molar-refractivity contribution in [1.82, 2.24) is 9.78 Å². The molecular formula is C42H30N8O18S4. The number of fused-ring (bicyclic) bond motifs is 2. The van der Waals surface area contributed by atoms with E-state index in [0.29, 0.717) is 40.7 Å². The molecule has 0 saturated carbocycles. The number of aromatic hydroxyl groups is 6. The molecule has 0 unspecified atom stereocenters. The average molecular weight is 1060 g/mol. The summed E-state index contributed by atoms with van der Waals surface area (Å²) in [4.78, 5) is -5.07. The van der Waals surface area contributed by atoms with Crippen molar-refractivity contribution in [3.8, 4) is 51.4 Å². The topological polar surface area (TPSA) is 431 Å². The van der Waals surface area contributed by atoms with Crippen molar-refractivity contribution < 1.29 is 82.5 Å². The van der Waals surface area contributed by atoms with E-state index in [-0.39, 0.29) is 40.1 Å². The van der Waals surface area contributed by atoms with Crippen molar-refractivity contribution >= 4 is 96.1 Å². The number of hydrogen-bond acceptors (Lipinski definition) is 21. The smallest absolute Gasteiger partial charge is 0.296 e. The van der Waals surface area contributed by atoms with Crippen LogP contribution in [-0.2, 0) is 40.5 Å². The van der Waals surface area contributed by atoms with Gasteiger partial charge < -0.3 is 30.6 Å². The Hall–Kier alpha value is -8.49. The van der Waals surface area contributed by atoms with Crippen LogP contribution < -0.4 is 0 Å². The average Bonchev–Trinajstić information content (AvgIpc) is 3.58. The summed E-state index contributed by atoms with van der Waals surface area (Å²) >= 11 is 0. The van der Waals surface area contributed by atoms with E-state index in [2.05, 4.69) is 35.8 Å². The summed E-state index contributed by atoms with van der Waals surface area (Å²) in [5.41, 5.74) is -1.49. The van der Waals surface area contributed by atoms with Crippen LogP contribution in [0, 0.1) is 6.92 Å². The fourth-order valence-corrected chi connectivity index (χ4v) is 9.77. The Bertz CT molecular complexity index is 4190. The standard InChI is InChI=1S/C42H30N8O18S4/c1-19-36(42(56)50(49-19)23-5-3-2-4-6-23)46-43-27-10-7-20(14-30(27)51)21-8-11-28(31(52)15-21)44-47-37-34(72(66,67)68)18-26-25(40(37)54)9-12-29(39(26)53)45-48-38-33(71(63,64)65)16-22-13-24(69(57,58)59)17-32(70(60,61)62)35(22)41(38)55/h2-18,51-56H,1H3,(H,57,58,59)(H,60,61,62)(H,63,64,65)(H,66,67,68). The van der Waals surface area contributed by atoms with E-state index in [1.165, 1.54) is 41.1 Å². The van der Waals surface area contributed by atoms with E-state index < -0.39 is 116 Å². The second kappa shape index (κ2) is 18.0. The minimum atomic E-state index is -5.47. The first-order valence-corrected chi connectivity index (χ1v) is 25.4. The number of para-hydroxylation sites is 1. The molecule has 0 aliphatic rings. The minimum absolute atomic E-state index is 0.0103. The molecule has 10 N–H and O–H groups in total. The molecule has 0 fully saturated rings. The summed E-state index contributed by atoms with van der Waals surface area (Å²) in [5, 5.41) is 90.3. The van der Waals surface area contributed by atoms with Crippen LogP contribution in [0.2, 0.25) is 0 Å². The maximum Gasteiger partial charge on any atom is 0.296 e. The van der Waals surface area contributed by atoms with Gasteiger partial charge in [0.1, 0.15) is 54.6 Å². The highest BCUT2D eigenvalue weighted by Crippen LogP contribution is 2.49. The number of rotatable bonds is 12. The highest BCUT2D eigenvalue weighted by Gasteiger charge is 2.30. The molecule has 7 aromatic carbocycles. The highest BCUT2D eigenvalue weighted by atomic mass is 32.2. The molecule has 0 aliphatic heterocycles. The van der Waals surface area contributed by atoms with Gasteiger partial charge in [0.2, 0.25) is 5.88 Å². The van der Waals surface area contributed by atoms with Crippen molar-refractivity contribution in [2.75, 3.05) is 0 Å². The number of azo groups is 3. The quantitative estimate of drug-likeness (QED) is 0.0404. The molecule has 1 aromatic heterocycles. The van der Waals surface area contributed by atoms with Gasteiger partial charge in [0, 0.05) is 16.2 Å². The van der Waals surface area contributed by atoms with Crippen molar-refractivity contribution in [3.63, 3.8) is 0 Å². The van der Waals surface area contributed by atoms with E-state index in [1.54, 1.807) is 37.3 Å². The van der Waals surface area contributed by atoms with Gasteiger partial charge in [-0.05, 0) is 96.2 Å². The Balaban J connectivity index is 1.11. The lowest BCUT2D eigenvalue weighted by atomic mass is 10.0. The molecule has 370 valence electrons. The van der Waals surface area contributed by atoms with E-state index in [9.17, 15) is 82.5 Å². The van der Waals surface area contributed by atoms with Crippen molar-refractivity contribution in [2.45, 2.75) is 26.5 Å². The monoisotopic (exact) mass is 1060 g/mol. The van der Waals surface area contributed by atoms with Gasteiger partial charge in [-0.25, -0.2) is 0 Å². The summed E-state index contributed by atoms with van der Waals surface area (Å²) < 4.78 is 139. The van der Waals surface area contributed by atoms with Crippen LogP contribution in [0.1, 0.15) is 5.69 Å². The van der Waals surface area contributed by atoms with Crippen LogP contribution in [0.3, 0.4) is 0 Å². The normalized spacial score (nSPS) is 12.8. The number of nitrogens with zero attached hydrogens (tertiary/aromatic N) is 8. The Labute approximate surface area is 404 Å². The Morgan fingerprint density at radius 2 is 0.958 bits per heavy atom. The number of aryl methyl sites for hydroxylation is 1. The van der Waals surface area contributed by atoms with Gasteiger partial charge in [-0.2, -0.15) is 43.5 Å². The van der Waals surface area contributed by atoms with Gasteiger partial charge in [0.25, 0.3) is 40.5 Å². The Morgan fingerprint density at radius 1 is 0.458 bits per heavy atom. The SMILES string of the molecule is Cc1nn(-c2ccccc2)c(O)c1N=Nc1ccc(-c2ccc(N=Nc3c(S(=O)(=O)O)cc4c(O)c(N=Nc5c(S(=O)(=O)O)cc6cc(S(=O)(=O)O)cc(S(=O)(=O)O)c6c5O)ccc4c3O)c(O)c2)cc1O. The number of phenolic OH excluding ortho intramolecular Hbond substituents is 5.